The lowest BCUT2D eigenvalue weighted by atomic mass is 9.95. The lowest BCUT2D eigenvalue weighted by Crippen LogP contribution is -2.44. The van der Waals surface area contributed by atoms with Crippen molar-refractivity contribution in [1.82, 2.24) is 10.2 Å². The number of carbonyl (C=O) groups excluding carboxylic acids is 2. The van der Waals surface area contributed by atoms with E-state index in [-0.39, 0.29) is 24.3 Å². The number of hydrogen-bond donors (Lipinski definition) is 1. The number of para-hydroxylation sites is 2. The molecular formula is C23H28N2O4. The molecule has 0 saturated carbocycles. The van der Waals surface area contributed by atoms with E-state index in [1.165, 1.54) is 5.56 Å². The lowest BCUT2D eigenvalue weighted by molar-refractivity contribution is -0.137. The van der Waals surface area contributed by atoms with Crippen LogP contribution in [-0.2, 0) is 16.1 Å². The van der Waals surface area contributed by atoms with Gasteiger partial charge < -0.3 is 19.7 Å². The fourth-order valence-corrected chi connectivity index (χ4v) is 3.40. The Hall–Kier alpha value is -3.02. The molecule has 0 aliphatic carbocycles. The zero-order valence-electron chi connectivity index (χ0n) is 17.0. The van der Waals surface area contributed by atoms with Gasteiger partial charge in [0.25, 0.3) is 5.91 Å². The highest BCUT2D eigenvalue weighted by Crippen LogP contribution is 2.26. The van der Waals surface area contributed by atoms with E-state index in [0.29, 0.717) is 44.0 Å². The first-order valence-corrected chi connectivity index (χ1v) is 9.93. The summed E-state index contributed by atoms with van der Waals surface area (Å²) in [5.74, 6) is 1.08. The zero-order chi connectivity index (χ0) is 20.6. The summed E-state index contributed by atoms with van der Waals surface area (Å²) in [6.07, 6.45) is 1.33. The zero-order valence-corrected chi connectivity index (χ0v) is 17.0. The molecule has 0 bridgehead atoms. The van der Waals surface area contributed by atoms with E-state index < -0.39 is 0 Å². The van der Waals surface area contributed by atoms with Crippen molar-refractivity contribution in [3.8, 4) is 11.5 Å². The SMILES string of the molecule is COc1ccccc1OCC(=O)N1CCC(C(=O)NCc2ccc(C)cc2)CC1. The van der Waals surface area contributed by atoms with Gasteiger partial charge in [-0.05, 0) is 37.5 Å². The van der Waals surface area contributed by atoms with Crippen LogP contribution in [0.25, 0.3) is 0 Å². The minimum absolute atomic E-state index is 0.0370. The molecule has 0 atom stereocenters. The number of aryl methyl sites for hydroxylation is 1. The molecule has 2 aromatic rings. The summed E-state index contributed by atoms with van der Waals surface area (Å²) in [4.78, 5) is 26.7. The van der Waals surface area contributed by atoms with Gasteiger partial charge in [0.2, 0.25) is 5.91 Å². The van der Waals surface area contributed by atoms with Crippen molar-refractivity contribution < 1.29 is 19.1 Å². The average molecular weight is 396 g/mol. The number of amides is 2. The first kappa shape index (κ1) is 20.7. The summed E-state index contributed by atoms with van der Waals surface area (Å²) in [5.41, 5.74) is 2.29. The third kappa shape index (κ3) is 5.73. The Kier molecular flexibility index (Phi) is 7.11. The molecule has 1 aliphatic heterocycles. The highest BCUT2D eigenvalue weighted by Gasteiger charge is 2.27. The number of benzene rings is 2. The van der Waals surface area contributed by atoms with Gasteiger partial charge in [-0.15, -0.1) is 0 Å². The third-order valence-corrected chi connectivity index (χ3v) is 5.23. The van der Waals surface area contributed by atoms with Crippen molar-refractivity contribution in [2.24, 2.45) is 5.92 Å². The number of hydrogen-bond acceptors (Lipinski definition) is 4. The largest absolute Gasteiger partial charge is 0.493 e. The second-order valence-electron chi connectivity index (χ2n) is 7.30. The van der Waals surface area contributed by atoms with Crippen molar-refractivity contribution in [1.29, 1.82) is 0 Å². The summed E-state index contributed by atoms with van der Waals surface area (Å²) in [6, 6.07) is 15.4. The monoisotopic (exact) mass is 396 g/mol. The second-order valence-corrected chi connectivity index (χ2v) is 7.30. The maximum absolute atomic E-state index is 12.4. The number of rotatable bonds is 7. The summed E-state index contributed by atoms with van der Waals surface area (Å²) in [5, 5.41) is 3.01. The Bertz CT molecular complexity index is 827. The summed E-state index contributed by atoms with van der Waals surface area (Å²) in [6.45, 7) is 3.67. The van der Waals surface area contributed by atoms with Gasteiger partial charge in [-0.3, -0.25) is 9.59 Å². The van der Waals surface area contributed by atoms with Gasteiger partial charge in [-0.1, -0.05) is 42.0 Å². The topological polar surface area (TPSA) is 67.9 Å². The van der Waals surface area contributed by atoms with Crippen molar-refractivity contribution in [3.05, 3.63) is 59.7 Å². The molecule has 0 unspecified atom stereocenters. The minimum atomic E-state index is -0.0746. The molecule has 154 valence electrons. The van der Waals surface area contributed by atoms with Crippen molar-refractivity contribution in [2.45, 2.75) is 26.3 Å². The van der Waals surface area contributed by atoms with E-state index in [4.69, 9.17) is 9.47 Å². The normalized spacial score (nSPS) is 14.3. The van der Waals surface area contributed by atoms with Crippen LogP contribution in [-0.4, -0.2) is 43.5 Å². The van der Waals surface area contributed by atoms with Crippen molar-refractivity contribution in [2.75, 3.05) is 26.8 Å². The lowest BCUT2D eigenvalue weighted by Gasteiger charge is -2.31. The number of carbonyl (C=O) groups is 2. The molecule has 6 nitrogen and oxygen atoms in total. The van der Waals surface area contributed by atoms with E-state index in [9.17, 15) is 9.59 Å². The average Bonchev–Trinajstić information content (AvgIpc) is 2.77. The van der Waals surface area contributed by atoms with Crippen LogP contribution < -0.4 is 14.8 Å². The van der Waals surface area contributed by atoms with E-state index in [2.05, 4.69) is 5.32 Å². The number of piperidine rings is 1. The van der Waals surface area contributed by atoms with Crippen LogP contribution in [0.2, 0.25) is 0 Å². The molecule has 29 heavy (non-hydrogen) atoms. The van der Waals surface area contributed by atoms with Crippen LogP contribution >= 0.6 is 0 Å². The number of likely N-dealkylation sites (tertiary alicyclic amines) is 1. The molecule has 1 fully saturated rings. The Morgan fingerprint density at radius 2 is 1.69 bits per heavy atom. The Labute approximate surface area is 171 Å². The number of nitrogens with zero attached hydrogens (tertiary/aromatic N) is 1. The van der Waals surface area contributed by atoms with E-state index >= 15 is 0 Å². The molecule has 3 rings (SSSR count). The molecule has 1 aliphatic rings. The molecule has 2 amide bonds. The van der Waals surface area contributed by atoms with Crippen LogP contribution in [0.15, 0.2) is 48.5 Å². The Morgan fingerprint density at radius 1 is 1.03 bits per heavy atom. The standard InChI is InChI=1S/C23H28N2O4/c1-17-7-9-18(10-8-17)15-24-23(27)19-11-13-25(14-12-19)22(26)16-29-21-6-4-3-5-20(21)28-2/h3-10,19H,11-16H2,1-2H3,(H,24,27). The van der Waals surface area contributed by atoms with Crippen LogP contribution in [0.5, 0.6) is 11.5 Å². The van der Waals surface area contributed by atoms with Crippen LogP contribution in [0.1, 0.15) is 24.0 Å². The van der Waals surface area contributed by atoms with Crippen LogP contribution in [0.3, 0.4) is 0 Å². The third-order valence-electron chi connectivity index (χ3n) is 5.23. The number of methoxy groups -OCH3 is 1. The van der Waals surface area contributed by atoms with Crippen LogP contribution in [0, 0.1) is 12.8 Å². The molecule has 1 saturated heterocycles. The molecule has 1 heterocycles. The highest BCUT2D eigenvalue weighted by atomic mass is 16.5. The van der Waals surface area contributed by atoms with E-state index in [1.54, 1.807) is 24.1 Å². The Balaban J connectivity index is 1.41. The summed E-state index contributed by atoms with van der Waals surface area (Å²) in [7, 11) is 1.57. The molecule has 6 heteroatoms. The van der Waals surface area contributed by atoms with Gasteiger partial charge in [0.05, 0.1) is 7.11 Å². The fraction of sp³-hybridized carbons (Fsp3) is 0.391. The van der Waals surface area contributed by atoms with E-state index in [1.807, 2.05) is 43.3 Å². The smallest absolute Gasteiger partial charge is 0.260 e. The molecule has 1 N–H and O–H groups in total. The molecule has 0 radical (unpaired) electrons. The second kappa shape index (κ2) is 9.96. The van der Waals surface area contributed by atoms with Crippen molar-refractivity contribution >= 4 is 11.8 Å². The maximum atomic E-state index is 12.4. The number of ether oxygens (including phenoxy) is 2. The van der Waals surface area contributed by atoms with Gasteiger partial charge in [-0.2, -0.15) is 0 Å². The summed E-state index contributed by atoms with van der Waals surface area (Å²) >= 11 is 0. The van der Waals surface area contributed by atoms with E-state index in [0.717, 1.165) is 5.56 Å². The van der Waals surface area contributed by atoms with Crippen LogP contribution in [0.4, 0.5) is 0 Å². The maximum Gasteiger partial charge on any atom is 0.260 e. The van der Waals surface area contributed by atoms with Gasteiger partial charge in [0.15, 0.2) is 18.1 Å². The first-order chi connectivity index (χ1) is 14.1. The summed E-state index contributed by atoms with van der Waals surface area (Å²) < 4.78 is 10.8. The van der Waals surface area contributed by atoms with Gasteiger partial charge in [0.1, 0.15) is 0 Å². The fourth-order valence-electron chi connectivity index (χ4n) is 3.40. The van der Waals surface area contributed by atoms with Gasteiger partial charge >= 0.3 is 0 Å². The molecule has 0 spiro atoms. The minimum Gasteiger partial charge on any atom is -0.493 e. The highest BCUT2D eigenvalue weighted by molar-refractivity contribution is 5.80. The quantitative estimate of drug-likeness (QED) is 0.781. The molecule has 0 aromatic heterocycles. The predicted molar refractivity (Wildman–Crippen MR) is 111 cm³/mol. The molecular weight excluding hydrogens is 368 g/mol. The Morgan fingerprint density at radius 3 is 2.34 bits per heavy atom. The van der Waals surface area contributed by atoms with Gasteiger partial charge in [-0.25, -0.2) is 0 Å². The number of nitrogens with one attached hydrogen (secondary N) is 1. The first-order valence-electron chi connectivity index (χ1n) is 9.93. The predicted octanol–water partition coefficient (Wildman–Crippen LogP) is 2.94. The molecule has 2 aromatic carbocycles. The van der Waals surface area contributed by atoms with Gasteiger partial charge in [0, 0.05) is 25.6 Å². The van der Waals surface area contributed by atoms with Crippen molar-refractivity contribution in [3.63, 3.8) is 0 Å².